The number of hydrogen-bond acceptors (Lipinski definition) is 1. The Balaban J connectivity index is 2.10. The van der Waals surface area contributed by atoms with Crippen LogP contribution in [0.25, 0.3) is 0 Å². The van der Waals surface area contributed by atoms with Gasteiger partial charge in [0.2, 0.25) is 5.91 Å². The van der Waals surface area contributed by atoms with E-state index in [2.05, 4.69) is 21.2 Å². The second-order valence-corrected chi connectivity index (χ2v) is 5.75. The molecule has 0 saturated carbocycles. The van der Waals surface area contributed by atoms with Crippen molar-refractivity contribution in [3.8, 4) is 0 Å². The summed E-state index contributed by atoms with van der Waals surface area (Å²) in [5.41, 5.74) is 1.19. The maximum absolute atomic E-state index is 13.1. The minimum atomic E-state index is -0.494. The van der Waals surface area contributed by atoms with Gasteiger partial charge in [-0.1, -0.05) is 58.4 Å². The van der Waals surface area contributed by atoms with Gasteiger partial charge < -0.3 is 5.32 Å². The lowest BCUT2D eigenvalue weighted by Crippen LogP contribution is -2.45. The molecule has 0 fully saturated rings. The average molecular weight is 350 g/mol. The largest absolute Gasteiger partial charge is 0.346 e. The maximum atomic E-state index is 13.1. The standard InChI is InChI=1S/C17H17BrFNO/c1-17(12-18,14-7-3-2-4-8-14)20-16(21)11-13-6-5-9-15(19)10-13/h2-10H,11-12H2,1H3,(H,20,21). The highest BCUT2D eigenvalue weighted by molar-refractivity contribution is 9.09. The summed E-state index contributed by atoms with van der Waals surface area (Å²) >= 11 is 3.46. The number of carbonyl (C=O) groups excluding carboxylic acids is 1. The molecule has 2 aromatic rings. The first-order valence-corrected chi connectivity index (χ1v) is 7.82. The molecule has 2 rings (SSSR count). The van der Waals surface area contributed by atoms with Crippen LogP contribution in [0.3, 0.4) is 0 Å². The molecular weight excluding hydrogens is 333 g/mol. The highest BCUT2D eigenvalue weighted by Crippen LogP contribution is 2.23. The second kappa shape index (κ2) is 6.85. The molecule has 110 valence electrons. The first-order chi connectivity index (χ1) is 10.0. The monoisotopic (exact) mass is 349 g/mol. The van der Waals surface area contributed by atoms with Crippen LogP contribution in [0.1, 0.15) is 18.1 Å². The highest BCUT2D eigenvalue weighted by Gasteiger charge is 2.27. The summed E-state index contributed by atoms with van der Waals surface area (Å²) in [7, 11) is 0. The third-order valence-electron chi connectivity index (χ3n) is 3.35. The molecule has 1 amide bonds. The first-order valence-electron chi connectivity index (χ1n) is 6.70. The maximum Gasteiger partial charge on any atom is 0.225 e. The second-order valence-electron chi connectivity index (χ2n) is 5.19. The molecule has 1 N–H and O–H groups in total. The van der Waals surface area contributed by atoms with Gasteiger partial charge in [-0.25, -0.2) is 4.39 Å². The van der Waals surface area contributed by atoms with Crippen molar-refractivity contribution < 1.29 is 9.18 Å². The van der Waals surface area contributed by atoms with Crippen LogP contribution in [-0.2, 0) is 16.8 Å². The zero-order valence-corrected chi connectivity index (χ0v) is 13.4. The van der Waals surface area contributed by atoms with E-state index in [1.165, 1.54) is 12.1 Å². The number of alkyl halides is 1. The van der Waals surface area contributed by atoms with E-state index in [9.17, 15) is 9.18 Å². The molecule has 2 nitrogen and oxygen atoms in total. The van der Waals surface area contributed by atoms with Crippen LogP contribution in [0, 0.1) is 5.82 Å². The highest BCUT2D eigenvalue weighted by atomic mass is 79.9. The van der Waals surface area contributed by atoms with Crippen LogP contribution >= 0.6 is 15.9 Å². The van der Waals surface area contributed by atoms with Gasteiger partial charge in [-0.3, -0.25) is 4.79 Å². The van der Waals surface area contributed by atoms with E-state index < -0.39 is 5.54 Å². The quantitative estimate of drug-likeness (QED) is 0.817. The van der Waals surface area contributed by atoms with Crippen molar-refractivity contribution in [3.05, 3.63) is 71.5 Å². The third kappa shape index (κ3) is 4.14. The average Bonchev–Trinajstić information content (AvgIpc) is 2.48. The zero-order chi connectivity index (χ0) is 15.3. The summed E-state index contributed by atoms with van der Waals surface area (Å²) in [5, 5.41) is 3.62. The normalized spacial score (nSPS) is 13.5. The number of amides is 1. The molecule has 0 aromatic heterocycles. The number of halogens is 2. The Bertz CT molecular complexity index is 617. The molecule has 2 aromatic carbocycles. The topological polar surface area (TPSA) is 29.1 Å². The lowest BCUT2D eigenvalue weighted by Gasteiger charge is -2.29. The van der Waals surface area contributed by atoms with Crippen molar-refractivity contribution in [1.82, 2.24) is 5.32 Å². The predicted molar refractivity (Wildman–Crippen MR) is 85.8 cm³/mol. The minimum Gasteiger partial charge on any atom is -0.346 e. The molecule has 0 aliphatic rings. The molecule has 0 heterocycles. The smallest absolute Gasteiger partial charge is 0.225 e. The van der Waals surface area contributed by atoms with Gasteiger partial charge in [0.25, 0.3) is 0 Å². The van der Waals surface area contributed by atoms with Crippen molar-refractivity contribution >= 4 is 21.8 Å². The molecule has 0 aliphatic heterocycles. The molecule has 0 bridgehead atoms. The van der Waals surface area contributed by atoms with Gasteiger partial charge >= 0.3 is 0 Å². The fraction of sp³-hybridized carbons (Fsp3) is 0.235. The van der Waals surface area contributed by atoms with Crippen molar-refractivity contribution in [1.29, 1.82) is 0 Å². The summed E-state index contributed by atoms with van der Waals surface area (Å²) in [4.78, 5) is 12.2. The van der Waals surface area contributed by atoms with E-state index in [0.29, 0.717) is 10.9 Å². The van der Waals surface area contributed by atoms with Gasteiger partial charge in [-0.2, -0.15) is 0 Å². The summed E-state index contributed by atoms with van der Waals surface area (Å²) in [5.74, 6) is -0.460. The third-order valence-corrected chi connectivity index (χ3v) is 4.47. The SMILES string of the molecule is CC(CBr)(NC(=O)Cc1cccc(F)c1)c1ccccc1. The number of hydrogen-bond donors (Lipinski definition) is 1. The van der Waals surface area contributed by atoms with Gasteiger partial charge in [0.1, 0.15) is 5.82 Å². The Morgan fingerprint density at radius 2 is 1.90 bits per heavy atom. The van der Waals surface area contributed by atoms with Gasteiger partial charge in [0.05, 0.1) is 12.0 Å². The van der Waals surface area contributed by atoms with Crippen LogP contribution in [0.4, 0.5) is 4.39 Å². The fourth-order valence-electron chi connectivity index (χ4n) is 2.17. The van der Waals surface area contributed by atoms with Crippen LogP contribution in [0.5, 0.6) is 0 Å². The Morgan fingerprint density at radius 1 is 1.19 bits per heavy atom. The molecule has 0 aliphatic carbocycles. The van der Waals surface area contributed by atoms with Gasteiger partial charge in [0, 0.05) is 5.33 Å². The van der Waals surface area contributed by atoms with Crippen LogP contribution in [0.2, 0.25) is 0 Å². The molecule has 0 radical (unpaired) electrons. The molecule has 0 spiro atoms. The summed E-state index contributed by atoms with van der Waals surface area (Å²) in [6.45, 7) is 1.96. The summed E-state index contributed by atoms with van der Waals surface area (Å²) in [6.07, 6.45) is 0.160. The van der Waals surface area contributed by atoms with Gasteiger partial charge in [-0.15, -0.1) is 0 Å². The fourth-order valence-corrected chi connectivity index (χ4v) is 2.64. The molecular formula is C17H17BrFNO. The Kier molecular flexibility index (Phi) is 5.12. The summed E-state index contributed by atoms with van der Waals surface area (Å²) in [6, 6.07) is 15.9. The minimum absolute atomic E-state index is 0.133. The van der Waals surface area contributed by atoms with Crippen LogP contribution < -0.4 is 5.32 Å². The molecule has 1 atom stereocenters. The van der Waals surface area contributed by atoms with Crippen molar-refractivity contribution in [2.75, 3.05) is 5.33 Å². The Morgan fingerprint density at radius 3 is 2.52 bits per heavy atom. The molecule has 0 saturated heterocycles. The van der Waals surface area contributed by atoms with Crippen LogP contribution in [0.15, 0.2) is 54.6 Å². The van der Waals surface area contributed by atoms with E-state index >= 15 is 0 Å². The molecule has 1 unspecified atom stereocenters. The summed E-state index contributed by atoms with van der Waals surface area (Å²) < 4.78 is 13.1. The van der Waals surface area contributed by atoms with Crippen molar-refractivity contribution in [2.24, 2.45) is 0 Å². The van der Waals surface area contributed by atoms with Gasteiger partial charge in [-0.05, 0) is 30.2 Å². The van der Waals surface area contributed by atoms with E-state index in [0.717, 1.165) is 5.56 Å². The molecule has 4 heteroatoms. The van der Waals surface area contributed by atoms with E-state index in [-0.39, 0.29) is 18.1 Å². The Labute approximate surface area is 132 Å². The number of nitrogens with one attached hydrogen (secondary N) is 1. The zero-order valence-electron chi connectivity index (χ0n) is 11.8. The van der Waals surface area contributed by atoms with E-state index in [1.807, 2.05) is 37.3 Å². The number of benzene rings is 2. The van der Waals surface area contributed by atoms with Gasteiger partial charge in [0.15, 0.2) is 0 Å². The predicted octanol–water partition coefficient (Wildman–Crippen LogP) is 3.79. The first kappa shape index (κ1) is 15.7. The van der Waals surface area contributed by atoms with Crippen molar-refractivity contribution in [2.45, 2.75) is 18.9 Å². The van der Waals surface area contributed by atoms with E-state index in [4.69, 9.17) is 0 Å². The number of carbonyl (C=O) groups is 1. The van der Waals surface area contributed by atoms with E-state index in [1.54, 1.807) is 12.1 Å². The Hall–Kier alpha value is -1.68. The van der Waals surface area contributed by atoms with Crippen LogP contribution in [-0.4, -0.2) is 11.2 Å². The lowest BCUT2D eigenvalue weighted by atomic mass is 9.94. The lowest BCUT2D eigenvalue weighted by molar-refractivity contribution is -0.122. The number of rotatable bonds is 5. The van der Waals surface area contributed by atoms with Crippen molar-refractivity contribution in [3.63, 3.8) is 0 Å². The molecule has 21 heavy (non-hydrogen) atoms.